The molecule has 1 atom stereocenters. The van der Waals surface area contributed by atoms with Gasteiger partial charge in [-0.15, -0.1) is 0 Å². The average Bonchev–Trinajstić information content (AvgIpc) is 2.48. The molecule has 1 aliphatic rings. The Bertz CT molecular complexity index is 670. The smallest absolute Gasteiger partial charge is 0.335 e. The van der Waals surface area contributed by atoms with Crippen LogP contribution in [0.1, 0.15) is 10.4 Å². The SMILES string of the molecule is CN1CC(CNS(=O)(=O)c2ccc(C(=O)O)cc2)OCC1=O. The van der Waals surface area contributed by atoms with Gasteiger partial charge >= 0.3 is 5.97 Å². The summed E-state index contributed by atoms with van der Waals surface area (Å²) < 4.78 is 31.9. The van der Waals surface area contributed by atoms with E-state index in [4.69, 9.17) is 9.84 Å². The van der Waals surface area contributed by atoms with Gasteiger partial charge in [-0.1, -0.05) is 0 Å². The second-order valence-corrected chi connectivity index (χ2v) is 6.66. The zero-order valence-electron chi connectivity index (χ0n) is 11.9. The quantitative estimate of drug-likeness (QED) is 0.755. The summed E-state index contributed by atoms with van der Waals surface area (Å²) in [6.45, 7) is 0.260. The highest BCUT2D eigenvalue weighted by molar-refractivity contribution is 7.89. The highest BCUT2D eigenvalue weighted by Crippen LogP contribution is 2.11. The first-order valence-electron chi connectivity index (χ1n) is 6.48. The van der Waals surface area contributed by atoms with Gasteiger partial charge in [0.1, 0.15) is 6.61 Å². The molecular weight excluding hydrogens is 312 g/mol. The lowest BCUT2D eigenvalue weighted by molar-refractivity contribution is -0.146. The Labute approximate surface area is 127 Å². The van der Waals surface area contributed by atoms with Crippen molar-refractivity contribution in [2.24, 2.45) is 0 Å². The van der Waals surface area contributed by atoms with Crippen molar-refractivity contribution in [3.05, 3.63) is 29.8 Å². The highest BCUT2D eigenvalue weighted by atomic mass is 32.2. The van der Waals surface area contributed by atoms with Crippen LogP contribution in [-0.4, -0.2) is 63.1 Å². The number of morpholine rings is 1. The van der Waals surface area contributed by atoms with Gasteiger partial charge in [0.2, 0.25) is 15.9 Å². The van der Waals surface area contributed by atoms with Crippen LogP contribution in [0.15, 0.2) is 29.2 Å². The van der Waals surface area contributed by atoms with Crippen LogP contribution in [0.25, 0.3) is 0 Å². The summed E-state index contributed by atoms with van der Waals surface area (Å²) in [7, 11) is -2.14. The zero-order chi connectivity index (χ0) is 16.3. The molecule has 8 nitrogen and oxygen atoms in total. The number of nitrogens with one attached hydrogen (secondary N) is 1. The van der Waals surface area contributed by atoms with Gasteiger partial charge < -0.3 is 14.7 Å². The van der Waals surface area contributed by atoms with Crippen LogP contribution in [0, 0.1) is 0 Å². The molecule has 9 heteroatoms. The van der Waals surface area contributed by atoms with Crippen LogP contribution >= 0.6 is 0 Å². The molecule has 22 heavy (non-hydrogen) atoms. The summed E-state index contributed by atoms with van der Waals surface area (Å²) in [5.41, 5.74) is 0.00898. The van der Waals surface area contributed by atoms with Crippen molar-refractivity contribution in [1.29, 1.82) is 0 Å². The standard InChI is InChI=1S/C13H16N2O6S/c1-15-7-10(21-8-12(15)16)6-14-22(19,20)11-4-2-9(3-5-11)13(17)18/h2-5,10,14H,6-8H2,1H3,(H,17,18). The van der Waals surface area contributed by atoms with Crippen molar-refractivity contribution >= 4 is 21.9 Å². The molecule has 120 valence electrons. The zero-order valence-corrected chi connectivity index (χ0v) is 12.7. The lowest BCUT2D eigenvalue weighted by Gasteiger charge is -2.29. The number of sulfonamides is 1. The number of hydrogen-bond donors (Lipinski definition) is 2. The monoisotopic (exact) mass is 328 g/mol. The molecule has 1 heterocycles. The summed E-state index contributed by atoms with van der Waals surface area (Å²) in [6, 6.07) is 4.90. The van der Waals surface area contributed by atoms with Crippen molar-refractivity contribution in [3.63, 3.8) is 0 Å². The third kappa shape index (κ3) is 3.81. The van der Waals surface area contributed by atoms with Crippen molar-refractivity contribution < 1.29 is 27.9 Å². The second-order valence-electron chi connectivity index (χ2n) is 4.89. The summed E-state index contributed by atoms with van der Waals surface area (Å²) in [6.07, 6.45) is -0.421. The van der Waals surface area contributed by atoms with E-state index in [9.17, 15) is 18.0 Å². The van der Waals surface area contributed by atoms with Crippen LogP contribution in [0.3, 0.4) is 0 Å². The Kier molecular flexibility index (Phi) is 4.79. The molecule has 0 bridgehead atoms. The number of carbonyl (C=O) groups excluding carboxylic acids is 1. The molecule has 1 amide bonds. The predicted molar refractivity (Wildman–Crippen MR) is 76.0 cm³/mol. The molecule has 1 saturated heterocycles. The van der Waals surface area contributed by atoms with Crippen molar-refractivity contribution in [1.82, 2.24) is 9.62 Å². The molecule has 1 unspecified atom stereocenters. The van der Waals surface area contributed by atoms with Gasteiger partial charge in [-0.05, 0) is 24.3 Å². The Balaban J connectivity index is 1.99. The van der Waals surface area contributed by atoms with Gasteiger partial charge in [0, 0.05) is 20.1 Å². The number of aromatic carboxylic acids is 1. The summed E-state index contributed by atoms with van der Waals surface area (Å²) >= 11 is 0. The molecule has 0 aromatic heterocycles. The van der Waals surface area contributed by atoms with Gasteiger partial charge in [0.25, 0.3) is 0 Å². The predicted octanol–water partition coefficient (Wildman–Crippen LogP) is -0.480. The Hall–Kier alpha value is -1.97. The number of hydrogen-bond acceptors (Lipinski definition) is 5. The number of carboxylic acids is 1. The van der Waals surface area contributed by atoms with Gasteiger partial charge in [0.15, 0.2) is 0 Å². The molecule has 1 fully saturated rings. The van der Waals surface area contributed by atoms with E-state index < -0.39 is 22.1 Å². The van der Waals surface area contributed by atoms with E-state index >= 15 is 0 Å². The molecule has 1 aliphatic heterocycles. The van der Waals surface area contributed by atoms with E-state index in [1.807, 2.05) is 0 Å². The maximum atomic E-state index is 12.1. The fraction of sp³-hybridized carbons (Fsp3) is 0.385. The van der Waals surface area contributed by atoms with Crippen molar-refractivity contribution in [2.75, 3.05) is 26.7 Å². The minimum absolute atomic E-state index is 0.00898. The van der Waals surface area contributed by atoms with E-state index in [1.165, 1.54) is 29.2 Å². The summed E-state index contributed by atoms with van der Waals surface area (Å²) in [5, 5.41) is 8.78. The van der Waals surface area contributed by atoms with Gasteiger partial charge in [-0.3, -0.25) is 4.79 Å². The summed E-state index contributed by atoms with van der Waals surface area (Å²) in [4.78, 5) is 23.4. The molecule has 2 N–H and O–H groups in total. The van der Waals surface area contributed by atoms with Crippen LogP contribution in [-0.2, 0) is 19.6 Å². The third-order valence-corrected chi connectivity index (χ3v) is 4.70. The number of carbonyl (C=O) groups is 2. The maximum Gasteiger partial charge on any atom is 0.335 e. The van der Waals surface area contributed by atoms with E-state index in [-0.39, 0.29) is 29.5 Å². The van der Waals surface area contributed by atoms with Gasteiger partial charge in [-0.2, -0.15) is 0 Å². The Morgan fingerprint density at radius 2 is 2.05 bits per heavy atom. The molecule has 0 spiro atoms. The minimum Gasteiger partial charge on any atom is -0.478 e. The topological polar surface area (TPSA) is 113 Å². The largest absolute Gasteiger partial charge is 0.478 e. The second kappa shape index (κ2) is 6.42. The number of benzene rings is 1. The maximum absolute atomic E-state index is 12.1. The van der Waals surface area contributed by atoms with Crippen molar-refractivity contribution in [3.8, 4) is 0 Å². The Morgan fingerprint density at radius 1 is 1.41 bits per heavy atom. The number of amides is 1. The number of rotatable bonds is 5. The molecule has 0 radical (unpaired) electrons. The van der Waals surface area contributed by atoms with Crippen molar-refractivity contribution in [2.45, 2.75) is 11.0 Å². The van der Waals surface area contributed by atoms with Crippen LogP contribution in [0.4, 0.5) is 0 Å². The fourth-order valence-corrected chi connectivity index (χ4v) is 3.01. The molecule has 1 aromatic rings. The molecule has 2 rings (SSSR count). The first kappa shape index (κ1) is 16.4. The normalized spacial score (nSPS) is 19.2. The van der Waals surface area contributed by atoms with E-state index in [0.29, 0.717) is 6.54 Å². The van der Waals surface area contributed by atoms with E-state index in [0.717, 1.165) is 0 Å². The number of ether oxygens (including phenoxy) is 1. The minimum atomic E-state index is -3.76. The number of carboxylic acid groups (broad SMARTS) is 1. The summed E-state index contributed by atoms with van der Waals surface area (Å²) in [5.74, 6) is -1.27. The Morgan fingerprint density at radius 3 is 2.59 bits per heavy atom. The van der Waals surface area contributed by atoms with Crippen LogP contribution in [0.2, 0.25) is 0 Å². The lowest BCUT2D eigenvalue weighted by atomic mass is 10.2. The van der Waals surface area contributed by atoms with Gasteiger partial charge in [-0.25, -0.2) is 17.9 Å². The highest BCUT2D eigenvalue weighted by Gasteiger charge is 2.25. The van der Waals surface area contributed by atoms with Crippen LogP contribution < -0.4 is 4.72 Å². The first-order valence-corrected chi connectivity index (χ1v) is 7.96. The van der Waals surface area contributed by atoms with Gasteiger partial charge in [0.05, 0.1) is 16.6 Å². The van der Waals surface area contributed by atoms with Crippen LogP contribution in [0.5, 0.6) is 0 Å². The lowest BCUT2D eigenvalue weighted by Crippen LogP contribution is -2.48. The first-order chi connectivity index (χ1) is 10.3. The molecule has 1 aromatic carbocycles. The van der Waals surface area contributed by atoms with E-state index in [2.05, 4.69) is 4.72 Å². The number of likely N-dealkylation sites (N-methyl/N-ethyl adjacent to an activating group) is 1. The fourth-order valence-electron chi connectivity index (χ4n) is 1.95. The average molecular weight is 328 g/mol. The van der Waals surface area contributed by atoms with E-state index in [1.54, 1.807) is 7.05 Å². The number of nitrogens with zero attached hydrogens (tertiary/aromatic N) is 1. The molecule has 0 aliphatic carbocycles. The molecular formula is C13H16N2O6S. The molecule has 0 saturated carbocycles. The third-order valence-electron chi connectivity index (χ3n) is 3.26.